The minimum atomic E-state index is 0.0600. The zero-order chi connectivity index (χ0) is 23.5. The molecule has 4 aromatic rings. The van der Waals surface area contributed by atoms with Crippen molar-refractivity contribution in [2.45, 2.75) is 13.5 Å². The van der Waals surface area contributed by atoms with Gasteiger partial charge in [-0.3, -0.25) is 9.69 Å². The van der Waals surface area contributed by atoms with Gasteiger partial charge in [0.15, 0.2) is 0 Å². The third kappa shape index (κ3) is 4.60. The molecule has 0 spiro atoms. The van der Waals surface area contributed by atoms with Gasteiger partial charge in [0.1, 0.15) is 12.3 Å². The molecule has 0 radical (unpaired) electrons. The number of ether oxygens (including phenoxy) is 1. The lowest BCUT2D eigenvalue weighted by molar-refractivity contribution is -0.136. The Kier molecular flexibility index (Phi) is 6.43. The van der Waals surface area contributed by atoms with E-state index in [2.05, 4.69) is 83.1 Å². The molecule has 2 aromatic carbocycles. The Morgan fingerprint density at radius 1 is 0.882 bits per heavy atom. The number of methoxy groups -OCH3 is 1. The number of rotatable bonds is 6. The summed E-state index contributed by atoms with van der Waals surface area (Å²) in [6.07, 6.45) is 2.20. The molecule has 0 saturated carbocycles. The number of benzene rings is 2. The van der Waals surface area contributed by atoms with E-state index in [-0.39, 0.29) is 12.5 Å². The summed E-state index contributed by atoms with van der Waals surface area (Å²) in [4.78, 5) is 21.5. The number of aryl methyl sites for hydroxylation is 1. The standard InChI is InChI=1S/C28H30N4O2/c1-21-8-10-23(11-9-21)28-25(19-30-14-16-31(17-15-30)27(33)20-34-2)32-18-24(12-13-26(32)29-28)22-6-4-3-5-7-22/h3-13,18H,14-17,19-20H2,1-2H3. The van der Waals surface area contributed by atoms with Crippen LogP contribution in [0.5, 0.6) is 0 Å². The molecule has 1 saturated heterocycles. The second kappa shape index (κ2) is 9.79. The van der Waals surface area contributed by atoms with Gasteiger partial charge >= 0.3 is 0 Å². The van der Waals surface area contributed by atoms with Crippen LogP contribution in [-0.2, 0) is 16.1 Å². The van der Waals surface area contributed by atoms with Crippen molar-refractivity contribution in [1.82, 2.24) is 19.2 Å². The topological polar surface area (TPSA) is 50.1 Å². The number of pyridine rings is 1. The molecule has 174 valence electrons. The molecule has 6 heteroatoms. The quantitative estimate of drug-likeness (QED) is 0.437. The molecule has 3 heterocycles. The normalized spacial score (nSPS) is 14.6. The summed E-state index contributed by atoms with van der Waals surface area (Å²) in [5.41, 5.74) is 7.84. The van der Waals surface area contributed by atoms with Crippen LogP contribution in [0.4, 0.5) is 0 Å². The average Bonchev–Trinajstić information content (AvgIpc) is 3.23. The second-order valence-corrected chi connectivity index (χ2v) is 8.88. The number of carbonyl (C=O) groups is 1. The Balaban J connectivity index is 1.49. The molecule has 34 heavy (non-hydrogen) atoms. The minimum absolute atomic E-state index is 0.0600. The van der Waals surface area contributed by atoms with Crippen molar-refractivity contribution in [3.8, 4) is 22.4 Å². The molecule has 1 amide bonds. The third-order valence-corrected chi connectivity index (χ3v) is 6.52. The Hall–Kier alpha value is -3.48. The Labute approximate surface area is 200 Å². The number of hydrogen-bond acceptors (Lipinski definition) is 4. The summed E-state index contributed by atoms with van der Waals surface area (Å²) in [6, 6.07) is 23.3. The molecule has 5 rings (SSSR count). The first-order valence-corrected chi connectivity index (χ1v) is 11.7. The van der Waals surface area contributed by atoms with Gasteiger partial charge in [-0.05, 0) is 30.2 Å². The zero-order valence-electron chi connectivity index (χ0n) is 19.8. The molecule has 1 aliphatic heterocycles. The minimum Gasteiger partial charge on any atom is -0.375 e. The molecule has 0 N–H and O–H groups in total. The van der Waals surface area contributed by atoms with Gasteiger partial charge in [0.2, 0.25) is 5.91 Å². The maximum atomic E-state index is 12.2. The van der Waals surface area contributed by atoms with E-state index in [9.17, 15) is 4.79 Å². The van der Waals surface area contributed by atoms with E-state index in [1.165, 1.54) is 16.8 Å². The number of nitrogens with zero attached hydrogens (tertiary/aromatic N) is 4. The first kappa shape index (κ1) is 22.3. The number of fused-ring (bicyclic) bond motifs is 1. The van der Waals surface area contributed by atoms with Crippen LogP contribution >= 0.6 is 0 Å². The highest BCUT2D eigenvalue weighted by Gasteiger charge is 2.23. The molecule has 0 aliphatic carbocycles. The van der Waals surface area contributed by atoms with E-state index >= 15 is 0 Å². The highest BCUT2D eigenvalue weighted by Crippen LogP contribution is 2.29. The summed E-state index contributed by atoms with van der Waals surface area (Å²) in [6.45, 7) is 6.11. The largest absolute Gasteiger partial charge is 0.375 e. The van der Waals surface area contributed by atoms with Gasteiger partial charge in [0, 0.05) is 51.6 Å². The summed E-state index contributed by atoms with van der Waals surface area (Å²) < 4.78 is 7.26. The van der Waals surface area contributed by atoms with Crippen molar-refractivity contribution >= 4 is 11.6 Å². The predicted molar refractivity (Wildman–Crippen MR) is 135 cm³/mol. The van der Waals surface area contributed by atoms with Crippen molar-refractivity contribution < 1.29 is 9.53 Å². The number of piperazine rings is 1. The summed E-state index contributed by atoms with van der Waals surface area (Å²) >= 11 is 0. The SMILES string of the molecule is COCC(=O)N1CCN(Cc2c(-c3ccc(C)cc3)nc3ccc(-c4ccccc4)cn23)CC1. The summed E-state index contributed by atoms with van der Waals surface area (Å²) in [7, 11) is 1.56. The monoisotopic (exact) mass is 454 g/mol. The fraction of sp³-hybridized carbons (Fsp3) is 0.286. The van der Waals surface area contributed by atoms with Crippen LogP contribution < -0.4 is 0 Å². The zero-order valence-corrected chi connectivity index (χ0v) is 19.8. The number of aromatic nitrogens is 2. The van der Waals surface area contributed by atoms with E-state index < -0.39 is 0 Å². The van der Waals surface area contributed by atoms with Gasteiger partial charge in [-0.15, -0.1) is 0 Å². The molecule has 0 atom stereocenters. The smallest absolute Gasteiger partial charge is 0.248 e. The molecule has 6 nitrogen and oxygen atoms in total. The molecule has 2 aromatic heterocycles. The van der Waals surface area contributed by atoms with Crippen molar-refractivity contribution in [3.05, 3.63) is 84.2 Å². The first-order valence-electron chi connectivity index (χ1n) is 11.7. The highest BCUT2D eigenvalue weighted by atomic mass is 16.5. The van der Waals surface area contributed by atoms with E-state index in [1.807, 2.05) is 11.0 Å². The summed E-state index contributed by atoms with van der Waals surface area (Å²) in [5.74, 6) is 0.0600. The maximum absolute atomic E-state index is 12.2. The van der Waals surface area contributed by atoms with Crippen molar-refractivity contribution in [3.63, 3.8) is 0 Å². The average molecular weight is 455 g/mol. The maximum Gasteiger partial charge on any atom is 0.248 e. The van der Waals surface area contributed by atoms with Gasteiger partial charge in [0.25, 0.3) is 0 Å². The van der Waals surface area contributed by atoms with Gasteiger partial charge < -0.3 is 14.0 Å². The van der Waals surface area contributed by atoms with E-state index in [0.717, 1.165) is 42.1 Å². The molecular weight excluding hydrogens is 424 g/mol. The van der Waals surface area contributed by atoms with Crippen LogP contribution in [0.2, 0.25) is 0 Å². The number of carbonyl (C=O) groups excluding carboxylic acids is 1. The van der Waals surface area contributed by atoms with Crippen molar-refractivity contribution in [2.75, 3.05) is 39.9 Å². The van der Waals surface area contributed by atoms with E-state index in [4.69, 9.17) is 9.72 Å². The fourth-order valence-corrected chi connectivity index (χ4v) is 4.57. The van der Waals surface area contributed by atoms with Gasteiger partial charge in [0.05, 0.1) is 11.4 Å². The number of imidazole rings is 1. The van der Waals surface area contributed by atoms with Crippen molar-refractivity contribution in [2.24, 2.45) is 0 Å². The predicted octanol–water partition coefficient (Wildman–Crippen LogP) is 4.27. The molecule has 0 unspecified atom stereocenters. The lowest BCUT2D eigenvalue weighted by Crippen LogP contribution is -2.49. The Morgan fingerprint density at radius 2 is 1.59 bits per heavy atom. The highest BCUT2D eigenvalue weighted by molar-refractivity contribution is 5.77. The fourth-order valence-electron chi connectivity index (χ4n) is 4.57. The van der Waals surface area contributed by atoms with Gasteiger partial charge in [-0.1, -0.05) is 60.2 Å². The molecule has 1 aliphatic rings. The summed E-state index contributed by atoms with van der Waals surface area (Å²) in [5, 5.41) is 0. The second-order valence-electron chi connectivity index (χ2n) is 8.88. The van der Waals surface area contributed by atoms with Crippen molar-refractivity contribution in [1.29, 1.82) is 0 Å². The van der Waals surface area contributed by atoms with Crippen LogP contribution in [0.15, 0.2) is 72.9 Å². The van der Waals surface area contributed by atoms with Gasteiger partial charge in [-0.2, -0.15) is 0 Å². The molecule has 1 fully saturated rings. The van der Waals surface area contributed by atoms with E-state index in [0.29, 0.717) is 13.1 Å². The third-order valence-electron chi connectivity index (χ3n) is 6.52. The van der Waals surface area contributed by atoms with Crippen LogP contribution in [0.25, 0.3) is 28.0 Å². The Morgan fingerprint density at radius 3 is 2.29 bits per heavy atom. The van der Waals surface area contributed by atoms with Crippen LogP contribution in [0.1, 0.15) is 11.3 Å². The number of amides is 1. The van der Waals surface area contributed by atoms with Gasteiger partial charge in [-0.25, -0.2) is 4.98 Å². The van der Waals surface area contributed by atoms with Crippen LogP contribution in [-0.4, -0.2) is 65.0 Å². The molecular formula is C28H30N4O2. The lowest BCUT2D eigenvalue weighted by atomic mass is 10.1. The van der Waals surface area contributed by atoms with Crippen LogP contribution in [0.3, 0.4) is 0 Å². The number of hydrogen-bond donors (Lipinski definition) is 0. The van der Waals surface area contributed by atoms with E-state index in [1.54, 1.807) is 7.11 Å². The van der Waals surface area contributed by atoms with Crippen LogP contribution in [0, 0.1) is 6.92 Å². The first-order chi connectivity index (χ1) is 16.6. The Bertz CT molecular complexity index is 1270. The lowest BCUT2D eigenvalue weighted by Gasteiger charge is -2.34. The molecule has 0 bridgehead atoms.